The molecule has 0 radical (unpaired) electrons. The Morgan fingerprint density at radius 1 is 0.452 bits per heavy atom. The van der Waals surface area contributed by atoms with Crippen molar-refractivity contribution in [3.05, 3.63) is 185 Å². The van der Waals surface area contributed by atoms with E-state index in [1.807, 2.05) is 149 Å². The molecule has 0 atom stereocenters. The van der Waals surface area contributed by atoms with Gasteiger partial charge in [-0.15, -0.1) is 0 Å². The lowest BCUT2D eigenvalue weighted by Gasteiger charge is -2.09. The van der Waals surface area contributed by atoms with Crippen molar-refractivity contribution in [2.24, 2.45) is 0 Å². The zero-order chi connectivity index (χ0) is 44.5. The number of carbonyl (C=O) groups is 3. The fourth-order valence-corrected chi connectivity index (χ4v) is 6.14. The van der Waals surface area contributed by atoms with Crippen LogP contribution in [-0.2, 0) is 6.42 Å². The molecule has 0 saturated heterocycles. The van der Waals surface area contributed by atoms with E-state index in [-0.39, 0.29) is 17.8 Å². The van der Waals surface area contributed by atoms with Crippen molar-refractivity contribution in [3.63, 3.8) is 0 Å². The number of anilines is 4. The monoisotopic (exact) mass is 832 g/mol. The van der Waals surface area contributed by atoms with Gasteiger partial charge in [0, 0.05) is 33.9 Å². The predicted octanol–water partition coefficient (Wildman–Crippen LogP) is 14.1. The van der Waals surface area contributed by atoms with E-state index in [2.05, 4.69) is 47.2 Å². The van der Waals surface area contributed by atoms with Gasteiger partial charge in [0.05, 0.1) is 6.61 Å². The largest absolute Gasteiger partial charge is 0.494 e. The summed E-state index contributed by atoms with van der Waals surface area (Å²) in [7, 11) is 0. The zero-order valence-electron chi connectivity index (χ0n) is 37.4. The van der Waals surface area contributed by atoms with Gasteiger partial charge in [0.15, 0.2) is 0 Å². The molecule has 0 spiro atoms. The molecule has 0 aliphatic heterocycles. The van der Waals surface area contributed by atoms with Gasteiger partial charge in [-0.25, -0.2) is 4.79 Å². The number of urea groups is 1. The molecule has 0 aromatic heterocycles. The van der Waals surface area contributed by atoms with Crippen LogP contribution >= 0.6 is 0 Å². The standard InChI is InChI=1S/C20H25NO.C19H23NO2.C15H16N2O/c1-3-4-5-6-7-17-10-12-18(13-11-17)20(22)21-19-14-8-16(2)9-15-19;1-3-4-5-14-22-18-12-8-16(9-13-18)19(21)20-17-10-6-15(2)7-11-17;1-11-7-9-13(10-8-11)16-15(18)17-14-6-4-3-5-12(14)2/h8-15H,3-7H2,1-2H3,(H,21,22);6-13H,3-5,14H2,1-2H3,(H,20,21);3-10H,1-2H3,(H2,16,17,18). The molecule has 0 heterocycles. The number of hydrogen-bond acceptors (Lipinski definition) is 4. The van der Waals surface area contributed by atoms with E-state index in [1.54, 1.807) is 12.1 Å². The summed E-state index contributed by atoms with van der Waals surface area (Å²) in [5.74, 6) is 0.644. The second-order valence-electron chi connectivity index (χ2n) is 15.5. The summed E-state index contributed by atoms with van der Waals surface area (Å²) >= 11 is 0. The summed E-state index contributed by atoms with van der Waals surface area (Å²) in [6.45, 7) is 13.1. The van der Waals surface area contributed by atoms with Crippen LogP contribution in [0.3, 0.4) is 0 Å². The molecule has 0 bridgehead atoms. The van der Waals surface area contributed by atoms with Crippen molar-refractivity contribution < 1.29 is 19.1 Å². The highest BCUT2D eigenvalue weighted by Crippen LogP contribution is 2.18. The van der Waals surface area contributed by atoms with Gasteiger partial charge in [-0.05, 0) is 137 Å². The summed E-state index contributed by atoms with van der Waals surface area (Å²) in [4.78, 5) is 36.2. The van der Waals surface area contributed by atoms with Crippen LogP contribution in [0.25, 0.3) is 0 Å². The maximum absolute atomic E-state index is 12.2. The molecule has 324 valence electrons. The first-order valence-electron chi connectivity index (χ1n) is 21.8. The maximum Gasteiger partial charge on any atom is 0.323 e. The van der Waals surface area contributed by atoms with Gasteiger partial charge in [0.2, 0.25) is 0 Å². The Morgan fingerprint density at radius 3 is 1.39 bits per heavy atom. The number of hydrogen-bond donors (Lipinski definition) is 4. The normalized spacial score (nSPS) is 10.2. The van der Waals surface area contributed by atoms with Crippen LogP contribution in [-0.4, -0.2) is 24.5 Å². The van der Waals surface area contributed by atoms with Crippen LogP contribution in [0.15, 0.2) is 146 Å². The number of rotatable bonds is 16. The van der Waals surface area contributed by atoms with Gasteiger partial charge >= 0.3 is 6.03 Å². The Morgan fingerprint density at radius 2 is 0.903 bits per heavy atom. The lowest BCUT2D eigenvalue weighted by molar-refractivity contribution is 0.101. The van der Waals surface area contributed by atoms with Gasteiger partial charge in [0.1, 0.15) is 5.75 Å². The Balaban J connectivity index is 0.000000206. The fourth-order valence-electron chi connectivity index (χ4n) is 6.14. The first-order chi connectivity index (χ1) is 30.0. The van der Waals surface area contributed by atoms with Crippen molar-refractivity contribution in [3.8, 4) is 5.75 Å². The zero-order valence-corrected chi connectivity index (χ0v) is 37.4. The van der Waals surface area contributed by atoms with Crippen LogP contribution in [0.5, 0.6) is 5.75 Å². The van der Waals surface area contributed by atoms with Gasteiger partial charge in [-0.2, -0.15) is 0 Å². The van der Waals surface area contributed by atoms with Crippen LogP contribution in [0.2, 0.25) is 0 Å². The Hall–Kier alpha value is -6.67. The summed E-state index contributed by atoms with van der Waals surface area (Å²) in [5.41, 5.74) is 10.4. The Kier molecular flexibility index (Phi) is 20.5. The minimum absolute atomic E-state index is 0.0543. The van der Waals surface area contributed by atoms with Crippen molar-refractivity contribution in [2.75, 3.05) is 27.9 Å². The summed E-state index contributed by atoms with van der Waals surface area (Å²) in [6.07, 6.45) is 9.59. The van der Waals surface area contributed by atoms with Crippen LogP contribution in [0.1, 0.15) is 107 Å². The van der Waals surface area contributed by atoms with E-state index in [1.165, 1.54) is 60.8 Å². The van der Waals surface area contributed by atoms with Gasteiger partial charge < -0.3 is 26.0 Å². The number of nitrogens with one attached hydrogen (secondary N) is 4. The number of unbranched alkanes of at least 4 members (excludes halogenated alkanes) is 5. The lowest BCUT2D eigenvalue weighted by Crippen LogP contribution is -2.19. The predicted molar refractivity (Wildman–Crippen MR) is 259 cm³/mol. The number of amides is 4. The highest BCUT2D eigenvalue weighted by Gasteiger charge is 2.08. The third-order valence-corrected chi connectivity index (χ3v) is 9.99. The number of ether oxygens (including phenoxy) is 1. The van der Waals surface area contributed by atoms with Gasteiger partial charge in [0.25, 0.3) is 11.8 Å². The molecular formula is C54H64N4O4. The van der Waals surface area contributed by atoms with E-state index in [4.69, 9.17) is 4.74 Å². The van der Waals surface area contributed by atoms with Crippen molar-refractivity contribution in [1.29, 1.82) is 0 Å². The molecule has 4 N–H and O–H groups in total. The molecule has 6 rings (SSSR count). The molecule has 0 unspecified atom stereocenters. The van der Waals surface area contributed by atoms with Crippen LogP contribution in [0, 0.1) is 27.7 Å². The maximum atomic E-state index is 12.2. The molecule has 6 aromatic carbocycles. The molecule has 62 heavy (non-hydrogen) atoms. The summed E-state index contributed by atoms with van der Waals surface area (Å²) in [6, 6.07) is 46.0. The average molecular weight is 833 g/mol. The van der Waals surface area contributed by atoms with E-state index >= 15 is 0 Å². The minimum atomic E-state index is -0.229. The lowest BCUT2D eigenvalue weighted by atomic mass is 10.0. The molecule has 0 saturated carbocycles. The summed E-state index contributed by atoms with van der Waals surface area (Å²) in [5, 5.41) is 11.4. The fraction of sp³-hybridized carbons (Fsp3) is 0.278. The number of para-hydroxylation sites is 1. The van der Waals surface area contributed by atoms with E-state index in [9.17, 15) is 14.4 Å². The van der Waals surface area contributed by atoms with E-state index < -0.39 is 0 Å². The molecule has 0 aliphatic carbocycles. The molecule has 0 aliphatic rings. The highest BCUT2D eigenvalue weighted by atomic mass is 16.5. The van der Waals surface area contributed by atoms with E-state index in [0.29, 0.717) is 11.1 Å². The first kappa shape index (κ1) is 48.0. The highest BCUT2D eigenvalue weighted by molar-refractivity contribution is 6.05. The third-order valence-electron chi connectivity index (χ3n) is 9.99. The quantitative estimate of drug-likeness (QED) is 0.0728. The molecule has 6 aromatic rings. The molecule has 8 nitrogen and oxygen atoms in total. The second kappa shape index (κ2) is 26.5. The minimum Gasteiger partial charge on any atom is -0.494 e. The topological polar surface area (TPSA) is 109 Å². The van der Waals surface area contributed by atoms with Crippen molar-refractivity contribution in [2.45, 2.75) is 92.9 Å². The molecular weight excluding hydrogens is 769 g/mol. The molecule has 0 fully saturated rings. The SMILES string of the molecule is CCCCCCc1ccc(C(=O)Nc2ccc(C)cc2)cc1.CCCCCOc1ccc(C(=O)Nc2ccc(C)cc2)cc1.Cc1ccc(NC(=O)Nc2ccccc2C)cc1. The third kappa shape index (κ3) is 17.9. The molecule has 8 heteroatoms. The number of aryl methyl sites for hydroxylation is 5. The van der Waals surface area contributed by atoms with Crippen molar-refractivity contribution in [1.82, 2.24) is 0 Å². The molecule has 4 amide bonds. The van der Waals surface area contributed by atoms with Crippen LogP contribution < -0.4 is 26.0 Å². The average Bonchev–Trinajstić information content (AvgIpc) is 3.28. The van der Waals surface area contributed by atoms with Crippen molar-refractivity contribution >= 4 is 40.6 Å². The van der Waals surface area contributed by atoms with Gasteiger partial charge in [-0.3, -0.25) is 9.59 Å². The van der Waals surface area contributed by atoms with Crippen LogP contribution in [0.4, 0.5) is 27.5 Å². The summed E-state index contributed by atoms with van der Waals surface area (Å²) < 4.78 is 5.64. The van der Waals surface area contributed by atoms with Gasteiger partial charge in [-0.1, -0.05) is 129 Å². The van der Waals surface area contributed by atoms with E-state index in [0.717, 1.165) is 53.5 Å². The number of carbonyl (C=O) groups excluding carboxylic acids is 3. The number of benzene rings is 6. The second-order valence-corrected chi connectivity index (χ2v) is 15.5. The smallest absolute Gasteiger partial charge is 0.323 e. The Labute approximate surface area is 369 Å². The Bertz CT molecular complexity index is 2120. The first-order valence-corrected chi connectivity index (χ1v) is 21.8.